The summed E-state index contributed by atoms with van der Waals surface area (Å²) in [7, 11) is 0. The summed E-state index contributed by atoms with van der Waals surface area (Å²) in [5.74, 6) is 0.0548. The molecule has 0 aliphatic heterocycles. The predicted molar refractivity (Wildman–Crippen MR) is 78.5 cm³/mol. The number of nitrogens with one attached hydrogen (secondary N) is 1. The molecule has 2 N–H and O–H groups in total. The molecule has 2 rings (SSSR count). The molecule has 0 atom stereocenters. The molecule has 0 spiro atoms. The number of carbonyl (C=O) groups excluding carboxylic acids is 1. The van der Waals surface area contributed by atoms with E-state index in [2.05, 4.69) is 31.3 Å². The minimum atomic E-state index is -0.294. The highest BCUT2D eigenvalue weighted by Gasteiger charge is 2.15. The summed E-state index contributed by atoms with van der Waals surface area (Å²) in [5.41, 5.74) is 1.80. The van der Waals surface area contributed by atoms with E-state index in [1.807, 2.05) is 13.8 Å². The molecule has 1 amide bonds. The Kier molecular flexibility index (Phi) is 4.51. The van der Waals surface area contributed by atoms with E-state index in [0.717, 1.165) is 10.2 Å². The van der Waals surface area contributed by atoms with Crippen molar-refractivity contribution < 1.29 is 9.90 Å². The van der Waals surface area contributed by atoms with Crippen LogP contribution in [0.5, 0.6) is 0 Å². The van der Waals surface area contributed by atoms with Crippen molar-refractivity contribution in [2.45, 2.75) is 27.0 Å². The van der Waals surface area contributed by atoms with E-state index in [0.29, 0.717) is 23.6 Å². The third kappa shape index (κ3) is 3.05. The fourth-order valence-electron chi connectivity index (χ4n) is 1.86. The highest BCUT2D eigenvalue weighted by molar-refractivity contribution is 9.10. The second kappa shape index (κ2) is 6.15. The van der Waals surface area contributed by atoms with Crippen LogP contribution in [0.3, 0.4) is 0 Å². The van der Waals surface area contributed by atoms with E-state index in [9.17, 15) is 9.90 Å². The number of aromatic nitrogens is 3. The van der Waals surface area contributed by atoms with Gasteiger partial charge in [-0.05, 0) is 41.9 Å². The molecule has 2 heterocycles. The number of hydrogen-bond donors (Lipinski definition) is 2. The summed E-state index contributed by atoms with van der Waals surface area (Å²) in [5, 5.41) is 16.2. The van der Waals surface area contributed by atoms with Gasteiger partial charge in [-0.1, -0.05) is 0 Å². The SMILES string of the molecule is CCn1nc(C)cc1C(=O)Nc1ncc(Br)cc1CO. The van der Waals surface area contributed by atoms with Gasteiger partial charge in [0.05, 0.1) is 12.3 Å². The number of pyridine rings is 1. The Balaban J connectivity index is 2.27. The van der Waals surface area contributed by atoms with Crippen molar-refractivity contribution >= 4 is 27.7 Å². The van der Waals surface area contributed by atoms with Crippen LogP contribution in [0.2, 0.25) is 0 Å². The third-order valence-corrected chi connectivity index (χ3v) is 3.20. The summed E-state index contributed by atoms with van der Waals surface area (Å²) in [6.07, 6.45) is 1.57. The molecule has 2 aromatic heterocycles. The minimum Gasteiger partial charge on any atom is -0.392 e. The topological polar surface area (TPSA) is 80.0 Å². The zero-order valence-corrected chi connectivity index (χ0v) is 12.8. The first-order valence-corrected chi connectivity index (χ1v) is 6.95. The van der Waals surface area contributed by atoms with Crippen molar-refractivity contribution in [3.8, 4) is 0 Å². The van der Waals surface area contributed by atoms with Gasteiger partial charge < -0.3 is 10.4 Å². The zero-order valence-electron chi connectivity index (χ0n) is 11.2. The fourth-order valence-corrected chi connectivity index (χ4v) is 2.23. The van der Waals surface area contributed by atoms with Gasteiger partial charge in [0.15, 0.2) is 0 Å². The van der Waals surface area contributed by atoms with Crippen LogP contribution < -0.4 is 5.32 Å². The maximum Gasteiger partial charge on any atom is 0.275 e. The summed E-state index contributed by atoms with van der Waals surface area (Å²) in [6.45, 7) is 4.16. The van der Waals surface area contributed by atoms with Crippen LogP contribution in [0.1, 0.15) is 28.7 Å². The van der Waals surface area contributed by atoms with Gasteiger partial charge in [-0.2, -0.15) is 5.10 Å². The third-order valence-electron chi connectivity index (χ3n) is 2.77. The molecule has 0 fully saturated rings. The molecule has 0 aliphatic rings. The number of amides is 1. The number of nitrogens with zero attached hydrogens (tertiary/aromatic N) is 3. The van der Waals surface area contributed by atoms with E-state index in [1.165, 1.54) is 0 Å². The van der Waals surface area contributed by atoms with Crippen LogP contribution in [0.15, 0.2) is 22.8 Å². The molecule has 6 nitrogen and oxygen atoms in total. The molecule has 0 aromatic carbocycles. The molecule has 7 heteroatoms. The smallest absolute Gasteiger partial charge is 0.275 e. The van der Waals surface area contributed by atoms with Crippen molar-refractivity contribution in [2.75, 3.05) is 5.32 Å². The fraction of sp³-hybridized carbons (Fsp3) is 0.308. The number of aryl methyl sites for hydroxylation is 2. The largest absolute Gasteiger partial charge is 0.392 e. The lowest BCUT2D eigenvalue weighted by atomic mass is 10.2. The second-order valence-corrected chi connectivity index (χ2v) is 5.18. The normalized spacial score (nSPS) is 10.6. The molecule has 0 saturated heterocycles. The summed E-state index contributed by atoms with van der Waals surface area (Å²) in [4.78, 5) is 16.4. The Morgan fingerprint density at radius 3 is 2.90 bits per heavy atom. The lowest BCUT2D eigenvalue weighted by Crippen LogP contribution is -2.19. The number of aliphatic hydroxyl groups excluding tert-OH is 1. The van der Waals surface area contributed by atoms with Crippen molar-refractivity contribution in [2.24, 2.45) is 0 Å². The second-order valence-electron chi connectivity index (χ2n) is 4.26. The molecular formula is C13H15BrN4O2. The molecule has 20 heavy (non-hydrogen) atoms. The predicted octanol–water partition coefficient (Wildman–Crippen LogP) is 2.11. The van der Waals surface area contributed by atoms with Gasteiger partial charge in [0.1, 0.15) is 11.5 Å². The average Bonchev–Trinajstić information content (AvgIpc) is 2.82. The van der Waals surface area contributed by atoms with Crippen molar-refractivity contribution in [3.05, 3.63) is 39.8 Å². The lowest BCUT2D eigenvalue weighted by molar-refractivity contribution is 0.101. The average molecular weight is 339 g/mol. The van der Waals surface area contributed by atoms with E-state index >= 15 is 0 Å². The number of halogens is 1. The number of anilines is 1. The van der Waals surface area contributed by atoms with Gasteiger partial charge in [-0.15, -0.1) is 0 Å². The number of rotatable bonds is 4. The highest BCUT2D eigenvalue weighted by atomic mass is 79.9. The molecule has 2 aromatic rings. The monoisotopic (exact) mass is 338 g/mol. The van der Waals surface area contributed by atoms with Gasteiger partial charge in [0, 0.05) is 22.8 Å². The maximum atomic E-state index is 12.3. The standard InChI is InChI=1S/C13H15BrN4O2/c1-3-18-11(4-8(2)17-18)13(20)16-12-9(7-19)5-10(14)6-15-12/h4-6,19H,3,7H2,1-2H3,(H,15,16,20). The first-order chi connectivity index (χ1) is 9.55. The van der Waals surface area contributed by atoms with E-state index in [1.54, 1.807) is 23.0 Å². The van der Waals surface area contributed by atoms with E-state index < -0.39 is 0 Å². The van der Waals surface area contributed by atoms with Gasteiger partial charge in [-0.3, -0.25) is 9.48 Å². The van der Waals surface area contributed by atoms with Crippen molar-refractivity contribution in [1.29, 1.82) is 0 Å². The van der Waals surface area contributed by atoms with Crippen LogP contribution in [0.25, 0.3) is 0 Å². The van der Waals surface area contributed by atoms with Crippen LogP contribution in [-0.2, 0) is 13.2 Å². The molecule has 0 unspecified atom stereocenters. The summed E-state index contributed by atoms with van der Waals surface area (Å²) < 4.78 is 2.37. The maximum absolute atomic E-state index is 12.3. The highest BCUT2D eigenvalue weighted by Crippen LogP contribution is 2.19. The Hall–Kier alpha value is -1.73. The van der Waals surface area contributed by atoms with Crippen molar-refractivity contribution in [3.63, 3.8) is 0 Å². The summed E-state index contributed by atoms with van der Waals surface area (Å²) >= 11 is 3.27. The van der Waals surface area contributed by atoms with Crippen LogP contribution in [0, 0.1) is 6.92 Å². The van der Waals surface area contributed by atoms with Crippen molar-refractivity contribution in [1.82, 2.24) is 14.8 Å². The lowest BCUT2D eigenvalue weighted by Gasteiger charge is -2.09. The molecule has 0 aliphatic carbocycles. The minimum absolute atomic E-state index is 0.200. The molecule has 0 saturated carbocycles. The summed E-state index contributed by atoms with van der Waals surface area (Å²) in [6, 6.07) is 3.43. The zero-order chi connectivity index (χ0) is 14.7. The van der Waals surface area contributed by atoms with Gasteiger partial charge >= 0.3 is 0 Å². The van der Waals surface area contributed by atoms with Gasteiger partial charge in [-0.25, -0.2) is 4.98 Å². The number of hydrogen-bond acceptors (Lipinski definition) is 4. The van der Waals surface area contributed by atoms with E-state index in [4.69, 9.17) is 0 Å². The van der Waals surface area contributed by atoms with Crippen LogP contribution in [-0.4, -0.2) is 25.8 Å². The van der Waals surface area contributed by atoms with Gasteiger partial charge in [0.2, 0.25) is 0 Å². The Labute approximate surface area is 125 Å². The Bertz CT molecular complexity index is 639. The van der Waals surface area contributed by atoms with Crippen LogP contribution >= 0.6 is 15.9 Å². The number of aliphatic hydroxyl groups is 1. The molecular weight excluding hydrogens is 324 g/mol. The molecule has 0 radical (unpaired) electrons. The van der Waals surface area contributed by atoms with Gasteiger partial charge in [0.25, 0.3) is 5.91 Å². The molecule has 106 valence electrons. The van der Waals surface area contributed by atoms with Crippen LogP contribution in [0.4, 0.5) is 5.82 Å². The first kappa shape index (κ1) is 14.7. The number of carbonyl (C=O) groups is 1. The Morgan fingerprint density at radius 1 is 1.50 bits per heavy atom. The quantitative estimate of drug-likeness (QED) is 0.894. The van der Waals surface area contributed by atoms with E-state index in [-0.39, 0.29) is 12.5 Å². The Morgan fingerprint density at radius 2 is 2.25 bits per heavy atom. The first-order valence-electron chi connectivity index (χ1n) is 6.16. The molecule has 0 bridgehead atoms.